The molecule has 0 aliphatic rings. The van der Waals surface area contributed by atoms with E-state index in [0.29, 0.717) is 29.2 Å². The molecule has 4 rings (SSSR count). The summed E-state index contributed by atoms with van der Waals surface area (Å²) in [6.07, 6.45) is -0.217. The SMILES string of the molecule is CCN(CC)c1ccc(-c2[nH]c(-c3cc(CO)c(O)c(OC)c3)nc2-c2ccc(N(CC)CCP(=O)(O)O)cc2)cc1. The fraction of sp³-hybridized carbons (Fsp3) is 0.323. The summed E-state index contributed by atoms with van der Waals surface area (Å²) < 4.78 is 16.8. The van der Waals surface area contributed by atoms with Gasteiger partial charge in [-0.3, -0.25) is 4.57 Å². The average molecular weight is 595 g/mol. The molecule has 42 heavy (non-hydrogen) atoms. The van der Waals surface area contributed by atoms with Gasteiger partial charge in [-0.2, -0.15) is 0 Å². The number of methoxy groups -OCH3 is 1. The molecule has 0 fully saturated rings. The lowest BCUT2D eigenvalue weighted by Crippen LogP contribution is -2.26. The Bertz CT molecular complexity index is 1500. The van der Waals surface area contributed by atoms with E-state index >= 15 is 0 Å². The van der Waals surface area contributed by atoms with Gasteiger partial charge in [0.1, 0.15) is 5.82 Å². The monoisotopic (exact) mass is 594 g/mol. The van der Waals surface area contributed by atoms with E-state index in [-0.39, 0.29) is 30.8 Å². The first-order chi connectivity index (χ1) is 20.1. The molecule has 0 spiro atoms. The zero-order valence-corrected chi connectivity index (χ0v) is 25.3. The number of aromatic amines is 1. The molecule has 0 aliphatic carbocycles. The third kappa shape index (κ3) is 6.97. The summed E-state index contributed by atoms with van der Waals surface area (Å²) in [5, 5.41) is 20.2. The molecule has 0 unspecified atom stereocenters. The predicted octanol–water partition coefficient (Wildman–Crippen LogP) is 5.47. The first-order valence-electron chi connectivity index (χ1n) is 14.0. The van der Waals surface area contributed by atoms with Gasteiger partial charge in [-0.15, -0.1) is 0 Å². The highest BCUT2D eigenvalue weighted by Gasteiger charge is 2.20. The van der Waals surface area contributed by atoms with Gasteiger partial charge in [0.15, 0.2) is 11.5 Å². The normalized spacial score (nSPS) is 11.5. The van der Waals surface area contributed by atoms with Crippen molar-refractivity contribution >= 4 is 19.0 Å². The van der Waals surface area contributed by atoms with Gasteiger partial charge in [-0.1, -0.05) is 24.3 Å². The number of anilines is 2. The molecule has 10 nitrogen and oxygen atoms in total. The van der Waals surface area contributed by atoms with Gasteiger partial charge in [0.05, 0.1) is 31.3 Å². The second kappa shape index (κ2) is 13.4. The van der Waals surface area contributed by atoms with Gasteiger partial charge >= 0.3 is 7.60 Å². The Kier molecular flexibility index (Phi) is 9.96. The first-order valence-corrected chi connectivity index (χ1v) is 15.8. The van der Waals surface area contributed by atoms with Crippen molar-refractivity contribution in [2.45, 2.75) is 27.4 Å². The fourth-order valence-corrected chi connectivity index (χ4v) is 5.49. The standard InChI is InChI=1S/C31H39N4O6P/c1-5-34(6-2)25-12-8-21(9-13-25)28-29(22-10-14-26(15-11-22)35(7-3)16-17-42(38,39)40)33-31(32-28)23-18-24(20-36)30(37)27(19-23)41-4/h8-15,18-19,36-37H,5-7,16-17,20H2,1-4H3,(H,32,33)(H2,38,39,40). The number of hydrogen-bond donors (Lipinski definition) is 5. The Morgan fingerprint density at radius 1 is 0.857 bits per heavy atom. The number of hydrogen-bond acceptors (Lipinski definition) is 7. The van der Waals surface area contributed by atoms with Crippen LogP contribution < -0.4 is 14.5 Å². The minimum absolute atomic E-state index is 0.113. The van der Waals surface area contributed by atoms with Crippen LogP contribution in [0.5, 0.6) is 11.5 Å². The largest absolute Gasteiger partial charge is 0.504 e. The van der Waals surface area contributed by atoms with E-state index in [9.17, 15) is 24.6 Å². The van der Waals surface area contributed by atoms with Crippen LogP contribution >= 0.6 is 7.60 Å². The van der Waals surface area contributed by atoms with Gasteiger partial charge in [-0.05, 0) is 57.2 Å². The van der Waals surface area contributed by atoms with Crippen LogP contribution in [0.3, 0.4) is 0 Å². The molecule has 3 aromatic carbocycles. The second-order valence-corrected chi connectivity index (χ2v) is 11.7. The third-order valence-electron chi connectivity index (χ3n) is 7.35. The number of H-pyrrole nitrogens is 1. The highest BCUT2D eigenvalue weighted by molar-refractivity contribution is 7.51. The second-order valence-electron chi connectivity index (χ2n) is 9.89. The van der Waals surface area contributed by atoms with Gasteiger partial charge in [-0.25, -0.2) is 4.98 Å². The molecule has 0 bridgehead atoms. The lowest BCUT2D eigenvalue weighted by Gasteiger charge is -2.23. The van der Waals surface area contributed by atoms with Crippen LogP contribution in [0.15, 0.2) is 60.7 Å². The average Bonchev–Trinajstić information content (AvgIpc) is 3.44. The maximum atomic E-state index is 11.4. The van der Waals surface area contributed by atoms with Crippen molar-refractivity contribution in [2.24, 2.45) is 0 Å². The number of aromatic hydroxyl groups is 1. The number of benzene rings is 3. The van der Waals surface area contributed by atoms with Crippen molar-refractivity contribution in [3.05, 3.63) is 66.2 Å². The van der Waals surface area contributed by atoms with Crippen LogP contribution in [0, 0.1) is 0 Å². The summed E-state index contributed by atoms with van der Waals surface area (Å²) in [4.78, 5) is 31.3. The quantitative estimate of drug-likeness (QED) is 0.127. The lowest BCUT2D eigenvalue weighted by molar-refractivity contribution is 0.272. The van der Waals surface area contributed by atoms with Crippen LogP contribution in [-0.4, -0.2) is 69.4 Å². The number of imidazole rings is 1. The van der Waals surface area contributed by atoms with Crippen LogP contribution in [0.2, 0.25) is 0 Å². The topological polar surface area (TPSA) is 142 Å². The van der Waals surface area contributed by atoms with E-state index in [1.54, 1.807) is 12.1 Å². The number of nitrogens with zero attached hydrogens (tertiary/aromatic N) is 3. The number of aromatic nitrogens is 2. The molecule has 0 saturated heterocycles. The van der Waals surface area contributed by atoms with Crippen LogP contribution in [0.4, 0.5) is 11.4 Å². The summed E-state index contributed by atoms with van der Waals surface area (Å²) in [5.74, 6) is 0.665. The molecular formula is C31H39N4O6P. The minimum atomic E-state index is -4.11. The summed E-state index contributed by atoms with van der Waals surface area (Å²) in [6, 6.07) is 19.4. The zero-order valence-electron chi connectivity index (χ0n) is 24.4. The van der Waals surface area contributed by atoms with Gasteiger partial charge in [0.25, 0.3) is 0 Å². The predicted molar refractivity (Wildman–Crippen MR) is 167 cm³/mol. The van der Waals surface area contributed by atoms with Crippen LogP contribution in [0.25, 0.3) is 33.9 Å². The molecule has 4 aromatic rings. The Balaban J connectivity index is 1.79. The van der Waals surface area contributed by atoms with E-state index in [1.807, 2.05) is 36.1 Å². The molecule has 0 atom stereocenters. The summed E-state index contributed by atoms with van der Waals surface area (Å²) in [5.41, 5.74) is 6.25. The van der Waals surface area contributed by atoms with Crippen molar-refractivity contribution in [3.63, 3.8) is 0 Å². The Morgan fingerprint density at radius 2 is 1.43 bits per heavy atom. The lowest BCUT2D eigenvalue weighted by atomic mass is 10.0. The molecular weight excluding hydrogens is 555 g/mol. The molecule has 224 valence electrons. The summed E-state index contributed by atoms with van der Waals surface area (Å²) in [6.45, 7) is 8.48. The Labute approximate surface area is 246 Å². The number of phenols is 1. The van der Waals surface area contributed by atoms with Crippen molar-refractivity contribution in [1.29, 1.82) is 0 Å². The van der Waals surface area contributed by atoms with E-state index in [2.05, 4.69) is 48.0 Å². The number of nitrogens with one attached hydrogen (secondary N) is 1. The fourth-order valence-electron chi connectivity index (χ4n) is 4.98. The van der Waals surface area contributed by atoms with E-state index in [4.69, 9.17) is 9.72 Å². The van der Waals surface area contributed by atoms with Crippen molar-refractivity contribution in [3.8, 4) is 45.4 Å². The van der Waals surface area contributed by atoms with Crippen molar-refractivity contribution in [1.82, 2.24) is 9.97 Å². The number of aliphatic hydroxyl groups is 1. The third-order valence-corrected chi connectivity index (χ3v) is 8.14. The first kappa shape index (κ1) is 31.1. The van der Waals surface area contributed by atoms with Crippen molar-refractivity contribution < 1.29 is 29.3 Å². The van der Waals surface area contributed by atoms with Crippen LogP contribution in [-0.2, 0) is 11.2 Å². The van der Waals surface area contributed by atoms with E-state index in [1.165, 1.54) is 7.11 Å². The highest BCUT2D eigenvalue weighted by Crippen LogP contribution is 2.39. The highest BCUT2D eigenvalue weighted by atomic mass is 31.2. The Morgan fingerprint density at radius 3 is 1.95 bits per heavy atom. The summed E-state index contributed by atoms with van der Waals surface area (Å²) >= 11 is 0. The van der Waals surface area contributed by atoms with Gasteiger partial charge in [0, 0.05) is 59.8 Å². The van der Waals surface area contributed by atoms with Gasteiger partial charge in [0.2, 0.25) is 0 Å². The molecule has 5 N–H and O–H groups in total. The molecule has 1 heterocycles. The zero-order chi connectivity index (χ0) is 30.4. The van der Waals surface area contributed by atoms with Crippen molar-refractivity contribution in [2.75, 3.05) is 49.3 Å². The molecule has 0 saturated carbocycles. The number of rotatable bonds is 13. The Hall–Kier alpha value is -3.82. The minimum Gasteiger partial charge on any atom is -0.504 e. The van der Waals surface area contributed by atoms with Gasteiger partial charge < -0.3 is 39.5 Å². The summed E-state index contributed by atoms with van der Waals surface area (Å²) in [7, 11) is -2.65. The molecule has 0 amide bonds. The molecule has 0 aliphatic heterocycles. The van der Waals surface area contributed by atoms with Crippen LogP contribution in [0.1, 0.15) is 26.3 Å². The molecule has 11 heteroatoms. The smallest absolute Gasteiger partial charge is 0.327 e. The number of aliphatic hydroxyl groups excluding tert-OH is 1. The molecule has 1 aromatic heterocycles. The molecule has 0 radical (unpaired) electrons. The van der Waals surface area contributed by atoms with E-state index in [0.717, 1.165) is 41.3 Å². The maximum Gasteiger partial charge on any atom is 0.327 e. The maximum absolute atomic E-state index is 11.4. The van der Waals surface area contributed by atoms with E-state index < -0.39 is 7.60 Å². The number of ether oxygens (including phenoxy) is 1.